The molecule has 2 fully saturated rings. The average Bonchev–Trinajstić information content (AvgIpc) is 2.89. The van der Waals surface area contributed by atoms with Gasteiger partial charge < -0.3 is 4.90 Å². The lowest BCUT2D eigenvalue weighted by Gasteiger charge is -2.32. The van der Waals surface area contributed by atoms with E-state index in [1.165, 1.54) is 10.7 Å². The maximum atomic E-state index is 12.5. The van der Waals surface area contributed by atoms with Crippen LogP contribution in [0.4, 0.5) is 0 Å². The molecule has 5 nitrogen and oxygen atoms in total. The van der Waals surface area contributed by atoms with Crippen LogP contribution in [0.1, 0.15) is 45.4 Å². The van der Waals surface area contributed by atoms with Crippen LogP contribution < -0.4 is 0 Å². The Kier molecular flexibility index (Phi) is 4.84. The molecule has 2 aliphatic heterocycles. The number of hydrogen-bond donors (Lipinski definition) is 0. The van der Waals surface area contributed by atoms with Crippen LogP contribution in [0.3, 0.4) is 0 Å². The minimum Gasteiger partial charge on any atom is -0.341 e. The second-order valence-corrected chi connectivity index (χ2v) is 7.51. The summed E-state index contributed by atoms with van der Waals surface area (Å²) < 4.78 is 25.8. The number of piperidine rings is 1. The first-order chi connectivity index (χ1) is 9.06. The second-order valence-electron chi connectivity index (χ2n) is 5.47. The predicted octanol–water partition coefficient (Wildman–Crippen LogP) is 1.20. The molecule has 0 radical (unpaired) electrons. The van der Waals surface area contributed by atoms with E-state index in [1.54, 1.807) is 0 Å². The van der Waals surface area contributed by atoms with Gasteiger partial charge in [0, 0.05) is 19.6 Å². The number of rotatable bonds is 4. The highest BCUT2D eigenvalue weighted by molar-refractivity contribution is 7.89. The van der Waals surface area contributed by atoms with E-state index >= 15 is 0 Å². The van der Waals surface area contributed by atoms with E-state index in [-0.39, 0.29) is 11.7 Å². The molecule has 0 spiro atoms. The van der Waals surface area contributed by atoms with Gasteiger partial charge in [-0.1, -0.05) is 6.92 Å². The SMILES string of the molecule is CCCS(=O)(=O)N1CCCC1C(=O)N1CCCCC1. The maximum Gasteiger partial charge on any atom is 0.241 e. The minimum absolute atomic E-state index is 0.0249. The number of sulfonamides is 1. The summed E-state index contributed by atoms with van der Waals surface area (Å²) in [7, 11) is -3.26. The molecule has 0 aliphatic carbocycles. The van der Waals surface area contributed by atoms with Gasteiger partial charge in [-0.05, 0) is 38.5 Å². The Balaban J connectivity index is 2.07. The number of carbonyl (C=O) groups excluding carboxylic acids is 1. The largest absolute Gasteiger partial charge is 0.341 e. The lowest BCUT2D eigenvalue weighted by atomic mass is 10.1. The van der Waals surface area contributed by atoms with E-state index < -0.39 is 16.1 Å². The summed E-state index contributed by atoms with van der Waals surface area (Å²) in [6, 6.07) is -0.436. The Bertz CT molecular complexity index is 416. The van der Waals surface area contributed by atoms with Gasteiger partial charge >= 0.3 is 0 Å². The zero-order valence-corrected chi connectivity index (χ0v) is 12.5. The average molecular weight is 288 g/mol. The maximum absolute atomic E-state index is 12.5. The number of likely N-dealkylation sites (tertiary alicyclic amines) is 1. The number of hydrogen-bond acceptors (Lipinski definition) is 3. The van der Waals surface area contributed by atoms with Crippen molar-refractivity contribution in [1.82, 2.24) is 9.21 Å². The Labute approximate surface area is 116 Å². The van der Waals surface area contributed by atoms with E-state index in [9.17, 15) is 13.2 Å². The second kappa shape index (κ2) is 6.22. The number of nitrogens with zero attached hydrogens (tertiary/aromatic N) is 2. The van der Waals surface area contributed by atoms with Crippen LogP contribution in [-0.2, 0) is 14.8 Å². The normalized spacial score (nSPS) is 25.7. The van der Waals surface area contributed by atoms with Gasteiger partial charge in [0.15, 0.2) is 0 Å². The fourth-order valence-corrected chi connectivity index (χ4v) is 4.76. The molecule has 2 saturated heterocycles. The van der Waals surface area contributed by atoms with Gasteiger partial charge in [0.2, 0.25) is 15.9 Å². The molecule has 2 aliphatic rings. The van der Waals surface area contributed by atoms with Crippen LogP contribution >= 0.6 is 0 Å². The van der Waals surface area contributed by atoms with Gasteiger partial charge in [-0.2, -0.15) is 4.31 Å². The van der Waals surface area contributed by atoms with Crippen molar-refractivity contribution >= 4 is 15.9 Å². The molecule has 6 heteroatoms. The van der Waals surface area contributed by atoms with Crippen LogP contribution in [0.5, 0.6) is 0 Å². The van der Waals surface area contributed by atoms with Crippen molar-refractivity contribution in [3.05, 3.63) is 0 Å². The van der Waals surface area contributed by atoms with Crippen LogP contribution in [0.15, 0.2) is 0 Å². The molecular formula is C13H24N2O3S. The zero-order chi connectivity index (χ0) is 13.9. The highest BCUT2D eigenvalue weighted by atomic mass is 32.2. The molecule has 1 unspecified atom stereocenters. The van der Waals surface area contributed by atoms with Crippen molar-refractivity contribution in [2.75, 3.05) is 25.4 Å². The molecule has 0 aromatic carbocycles. The first-order valence-corrected chi connectivity index (χ1v) is 8.95. The first-order valence-electron chi connectivity index (χ1n) is 7.34. The summed E-state index contributed by atoms with van der Waals surface area (Å²) in [5.41, 5.74) is 0. The standard InChI is InChI=1S/C13H24N2O3S/c1-2-11-19(17,18)15-10-6-7-12(15)13(16)14-8-4-3-5-9-14/h12H,2-11H2,1H3. The minimum atomic E-state index is -3.26. The molecular weight excluding hydrogens is 264 g/mol. The number of carbonyl (C=O) groups is 1. The summed E-state index contributed by atoms with van der Waals surface area (Å²) >= 11 is 0. The molecule has 2 rings (SSSR count). The van der Waals surface area contributed by atoms with Gasteiger partial charge in [-0.3, -0.25) is 4.79 Å². The zero-order valence-electron chi connectivity index (χ0n) is 11.7. The predicted molar refractivity (Wildman–Crippen MR) is 74.2 cm³/mol. The Hall–Kier alpha value is -0.620. The van der Waals surface area contributed by atoms with Crippen molar-refractivity contribution in [2.45, 2.75) is 51.5 Å². The monoisotopic (exact) mass is 288 g/mol. The van der Waals surface area contributed by atoms with Crippen LogP contribution in [-0.4, -0.2) is 55.0 Å². The molecule has 110 valence electrons. The molecule has 0 bridgehead atoms. The van der Waals surface area contributed by atoms with Crippen molar-refractivity contribution in [2.24, 2.45) is 0 Å². The van der Waals surface area contributed by atoms with E-state index in [0.717, 1.165) is 32.4 Å². The van der Waals surface area contributed by atoms with Crippen LogP contribution in [0.2, 0.25) is 0 Å². The van der Waals surface area contributed by atoms with Crippen molar-refractivity contribution < 1.29 is 13.2 Å². The van der Waals surface area contributed by atoms with E-state index in [1.807, 2.05) is 11.8 Å². The highest BCUT2D eigenvalue weighted by Gasteiger charge is 2.39. The van der Waals surface area contributed by atoms with Gasteiger partial charge in [0.1, 0.15) is 6.04 Å². The van der Waals surface area contributed by atoms with Crippen LogP contribution in [0.25, 0.3) is 0 Å². The Morgan fingerprint density at radius 1 is 1.11 bits per heavy atom. The molecule has 19 heavy (non-hydrogen) atoms. The molecule has 0 aromatic heterocycles. The van der Waals surface area contributed by atoms with Gasteiger partial charge in [-0.15, -0.1) is 0 Å². The van der Waals surface area contributed by atoms with Gasteiger partial charge in [0.05, 0.1) is 5.75 Å². The third-order valence-corrected chi connectivity index (χ3v) is 6.05. The smallest absolute Gasteiger partial charge is 0.241 e. The summed E-state index contributed by atoms with van der Waals surface area (Å²) in [4.78, 5) is 14.3. The molecule has 2 heterocycles. The summed E-state index contributed by atoms with van der Waals surface area (Å²) in [5, 5.41) is 0. The topological polar surface area (TPSA) is 57.7 Å². The third-order valence-electron chi connectivity index (χ3n) is 3.98. The van der Waals surface area contributed by atoms with Crippen LogP contribution in [0, 0.1) is 0 Å². The summed E-state index contributed by atoms with van der Waals surface area (Å²) in [6.45, 7) is 3.94. The summed E-state index contributed by atoms with van der Waals surface area (Å²) in [5.74, 6) is 0.174. The molecule has 0 N–H and O–H groups in total. The first kappa shape index (κ1) is 14.8. The van der Waals surface area contributed by atoms with Crippen molar-refractivity contribution in [3.8, 4) is 0 Å². The molecule has 1 amide bonds. The van der Waals surface area contributed by atoms with E-state index in [2.05, 4.69) is 0 Å². The lowest BCUT2D eigenvalue weighted by Crippen LogP contribution is -2.49. The Morgan fingerprint density at radius 3 is 2.42 bits per heavy atom. The van der Waals surface area contributed by atoms with Crippen molar-refractivity contribution in [1.29, 1.82) is 0 Å². The fraction of sp³-hybridized carbons (Fsp3) is 0.923. The third kappa shape index (κ3) is 3.28. The van der Waals surface area contributed by atoms with E-state index in [0.29, 0.717) is 19.4 Å². The van der Waals surface area contributed by atoms with Gasteiger partial charge in [-0.25, -0.2) is 8.42 Å². The molecule has 0 aromatic rings. The van der Waals surface area contributed by atoms with E-state index in [4.69, 9.17) is 0 Å². The number of amides is 1. The van der Waals surface area contributed by atoms with Gasteiger partial charge in [0.25, 0.3) is 0 Å². The summed E-state index contributed by atoms with van der Waals surface area (Å²) in [6.07, 6.45) is 5.33. The highest BCUT2D eigenvalue weighted by Crippen LogP contribution is 2.24. The lowest BCUT2D eigenvalue weighted by molar-refractivity contribution is -0.135. The quantitative estimate of drug-likeness (QED) is 0.781. The Morgan fingerprint density at radius 2 is 1.79 bits per heavy atom. The fourth-order valence-electron chi connectivity index (χ4n) is 3.02. The molecule has 0 saturated carbocycles. The van der Waals surface area contributed by atoms with Crippen molar-refractivity contribution in [3.63, 3.8) is 0 Å². The molecule has 1 atom stereocenters.